The Hall–Kier alpha value is -0.150. The van der Waals surface area contributed by atoms with Crippen molar-refractivity contribution in [2.75, 3.05) is 25.4 Å². The average Bonchev–Trinajstić information content (AvgIpc) is 2.16. The van der Waals surface area contributed by atoms with Crippen LogP contribution in [0.15, 0.2) is 12.8 Å². The second kappa shape index (κ2) is 11.8. The van der Waals surface area contributed by atoms with Crippen LogP contribution in [0.4, 0.5) is 0 Å². The van der Waals surface area contributed by atoms with Gasteiger partial charge in [0.1, 0.15) is 0 Å². The molecule has 0 saturated heterocycles. The molecule has 0 bridgehead atoms. The van der Waals surface area contributed by atoms with Crippen LogP contribution in [0.3, 0.4) is 0 Å². The molecule has 0 aliphatic heterocycles. The Kier molecular flexibility index (Phi) is 11.7. The van der Waals surface area contributed by atoms with Gasteiger partial charge in [-0.25, -0.2) is 0 Å². The van der Waals surface area contributed by atoms with Crippen LogP contribution >= 0.6 is 11.8 Å². The molecular formula is C10H20O2S. The van der Waals surface area contributed by atoms with Crippen molar-refractivity contribution in [2.45, 2.75) is 25.7 Å². The number of thioether (sulfide) groups is 1. The van der Waals surface area contributed by atoms with Crippen LogP contribution in [-0.4, -0.2) is 25.4 Å². The second-order valence-electron chi connectivity index (χ2n) is 2.77. The van der Waals surface area contributed by atoms with Gasteiger partial charge in [0, 0.05) is 0 Å². The number of ether oxygens (including phenoxy) is 2. The highest BCUT2D eigenvalue weighted by Gasteiger charge is 1.90. The summed E-state index contributed by atoms with van der Waals surface area (Å²) in [7, 11) is 0. The summed E-state index contributed by atoms with van der Waals surface area (Å²) >= 11 is 1.91. The van der Waals surface area contributed by atoms with Crippen LogP contribution in [0.2, 0.25) is 0 Å². The van der Waals surface area contributed by atoms with Crippen molar-refractivity contribution in [3.63, 3.8) is 0 Å². The largest absolute Gasteiger partial charge is 0.476 e. The smallest absolute Gasteiger partial charge is 0.188 e. The summed E-state index contributed by atoms with van der Waals surface area (Å²) in [4.78, 5) is 0. The van der Waals surface area contributed by atoms with E-state index in [4.69, 9.17) is 9.47 Å². The van der Waals surface area contributed by atoms with E-state index in [-0.39, 0.29) is 0 Å². The lowest BCUT2D eigenvalue weighted by Crippen LogP contribution is -1.97. The van der Waals surface area contributed by atoms with Crippen molar-refractivity contribution in [3.8, 4) is 0 Å². The summed E-state index contributed by atoms with van der Waals surface area (Å²) in [5, 5.41) is 0. The quantitative estimate of drug-likeness (QED) is 0.309. The monoisotopic (exact) mass is 204 g/mol. The molecule has 0 unspecified atom stereocenters. The van der Waals surface area contributed by atoms with Gasteiger partial charge in [-0.05, 0) is 24.9 Å². The maximum absolute atomic E-state index is 5.18. The van der Waals surface area contributed by atoms with Crippen molar-refractivity contribution < 1.29 is 9.47 Å². The van der Waals surface area contributed by atoms with E-state index >= 15 is 0 Å². The number of hydrogen-bond acceptors (Lipinski definition) is 3. The highest BCUT2D eigenvalue weighted by Crippen LogP contribution is 2.04. The van der Waals surface area contributed by atoms with E-state index in [1.54, 1.807) is 0 Å². The van der Waals surface area contributed by atoms with E-state index in [0.717, 1.165) is 13.0 Å². The Bertz CT molecular complexity index is 107. The topological polar surface area (TPSA) is 18.5 Å². The zero-order chi connectivity index (χ0) is 9.78. The molecule has 0 fully saturated rings. The molecule has 2 nitrogen and oxygen atoms in total. The van der Waals surface area contributed by atoms with Crippen LogP contribution < -0.4 is 0 Å². The first-order valence-electron chi connectivity index (χ1n) is 4.71. The molecule has 0 N–H and O–H groups in total. The predicted octanol–water partition coefficient (Wildman–Crippen LogP) is 3.04. The van der Waals surface area contributed by atoms with E-state index in [1.165, 1.54) is 31.3 Å². The van der Waals surface area contributed by atoms with Gasteiger partial charge in [0.25, 0.3) is 0 Å². The van der Waals surface area contributed by atoms with Crippen LogP contribution in [0, 0.1) is 0 Å². The zero-order valence-corrected chi connectivity index (χ0v) is 9.28. The van der Waals surface area contributed by atoms with E-state index in [1.807, 2.05) is 11.8 Å². The molecule has 0 rings (SSSR count). The summed E-state index contributed by atoms with van der Waals surface area (Å²) in [6.45, 7) is 4.56. The minimum Gasteiger partial charge on any atom is -0.476 e. The van der Waals surface area contributed by atoms with E-state index < -0.39 is 0 Å². The Morgan fingerprint density at radius 1 is 1.23 bits per heavy atom. The SMILES string of the molecule is C=COCOCCCCCCSC. The molecule has 0 radical (unpaired) electrons. The Balaban J connectivity index is 2.79. The maximum Gasteiger partial charge on any atom is 0.188 e. The van der Waals surface area contributed by atoms with Gasteiger partial charge in [0.05, 0.1) is 12.9 Å². The molecule has 0 aromatic carbocycles. The van der Waals surface area contributed by atoms with E-state index in [2.05, 4.69) is 12.8 Å². The molecule has 0 aliphatic rings. The zero-order valence-electron chi connectivity index (χ0n) is 8.46. The van der Waals surface area contributed by atoms with Gasteiger partial charge in [-0.3, -0.25) is 0 Å². The fourth-order valence-electron chi connectivity index (χ4n) is 0.959. The van der Waals surface area contributed by atoms with Crippen molar-refractivity contribution in [1.82, 2.24) is 0 Å². The summed E-state index contributed by atoms with van der Waals surface area (Å²) in [6, 6.07) is 0. The van der Waals surface area contributed by atoms with Crippen LogP contribution in [-0.2, 0) is 9.47 Å². The second-order valence-corrected chi connectivity index (χ2v) is 3.75. The first-order valence-corrected chi connectivity index (χ1v) is 6.10. The number of rotatable bonds is 10. The standard InChI is InChI=1S/C10H20O2S/c1-3-11-10-12-8-6-4-5-7-9-13-2/h3H,1,4-10H2,2H3. The minimum absolute atomic E-state index is 0.342. The third-order valence-corrected chi connectivity index (χ3v) is 2.35. The molecule has 0 spiro atoms. The number of unbranched alkanes of at least 4 members (excludes halogenated alkanes) is 3. The summed E-state index contributed by atoms with van der Waals surface area (Å²) < 4.78 is 10.00. The minimum atomic E-state index is 0.342. The first-order chi connectivity index (χ1) is 6.41. The normalized spacial score (nSPS) is 9.92. The van der Waals surface area contributed by atoms with Gasteiger partial charge >= 0.3 is 0 Å². The number of hydrogen-bond donors (Lipinski definition) is 0. The summed E-state index contributed by atoms with van der Waals surface area (Å²) in [5.41, 5.74) is 0. The van der Waals surface area contributed by atoms with Crippen molar-refractivity contribution in [1.29, 1.82) is 0 Å². The summed E-state index contributed by atoms with van der Waals surface area (Å²) in [5.74, 6) is 1.28. The molecule has 0 saturated carbocycles. The van der Waals surface area contributed by atoms with E-state index in [9.17, 15) is 0 Å². The first kappa shape index (κ1) is 12.8. The molecular weight excluding hydrogens is 184 g/mol. The molecule has 78 valence electrons. The van der Waals surface area contributed by atoms with Crippen molar-refractivity contribution in [3.05, 3.63) is 12.8 Å². The van der Waals surface area contributed by atoms with Gasteiger partial charge in [-0.2, -0.15) is 11.8 Å². The van der Waals surface area contributed by atoms with Crippen LogP contribution in [0.5, 0.6) is 0 Å². The van der Waals surface area contributed by atoms with Gasteiger partial charge < -0.3 is 9.47 Å². The highest BCUT2D eigenvalue weighted by atomic mass is 32.2. The molecule has 0 heterocycles. The Morgan fingerprint density at radius 3 is 2.69 bits per heavy atom. The van der Waals surface area contributed by atoms with Gasteiger partial charge in [0.2, 0.25) is 0 Å². The van der Waals surface area contributed by atoms with Gasteiger partial charge in [-0.15, -0.1) is 0 Å². The lowest BCUT2D eigenvalue weighted by Gasteiger charge is -2.03. The average molecular weight is 204 g/mol. The van der Waals surface area contributed by atoms with Crippen molar-refractivity contribution >= 4 is 11.8 Å². The maximum atomic E-state index is 5.18. The van der Waals surface area contributed by atoms with Crippen LogP contribution in [0.1, 0.15) is 25.7 Å². The van der Waals surface area contributed by atoms with Crippen LogP contribution in [0.25, 0.3) is 0 Å². The van der Waals surface area contributed by atoms with Gasteiger partial charge in [-0.1, -0.05) is 19.4 Å². The Morgan fingerprint density at radius 2 is 2.00 bits per heavy atom. The molecule has 0 aromatic heterocycles. The highest BCUT2D eigenvalue weighted by molar-refractivity contribution is 7.98. The summed E-state index contributed by atoms with van der Waals surface area (Å²) in [6.07, 6.45) is 8.58. The third kappa shape index (κ3) is 11.9. The third-order valence-electron chi connectivity index (χ3n) is 1.66. The molecule has 0 aliphatic carbocycles. The molecule has 0 amide bonds. The fraction of sp³-hybridized carbons (Fsp3) is 0.800. The Labute approximate surface area is 85.7 Å². The predicted molar refractivity (Wildman–Crippen MR) is 59.0 cm³/mol. The van der Waals surface area contributed by atoms with Crippen molar-refractivity contribution in [2.24, 2.45) is 0 Å². The molecule has 0 atom stereocenters. The van der Waals surface area contributed by atoms with E-state index in [0.29, 0.717) is 6.79 Å². The fourth-order valence-corrected chi connectivity index (χ4v) is 1.45. The lowest BCUT2D eigenvalue weighted by molar-refractivity contribution is -0.0122. The molecule has 0 aromatic rings. The molecule has 3 heteroatoms. The molecule has 13 heavy (non-hydrogen) atoms. The van der Waals surface area contributed by atoms with Gasteiger partial charge in [0.15, 0.2) is 6.79 Å². The lowest BCUT2D eigenvalue weighted by atomic mass is 10.2.